The van der Waals surface area contributed by atoms with Crippen molar-refractivity contribution in [3.05, 3.63) is 52.8 Å². The largest absolute Gasteiger partial charge is 0.416 e. The van der Waals surface area contributed by atoms with Gasteiger partial charge in [-0.1, -0.05) is 6.07 Å². The van der Waals surface area contributed by atoms with Crippen molar-refractivity contribution in [2.24, 2.45) is 7.05 Å². The van der Waals surface area contributed by atoms with Crippen LogP contribution in [0.2, 0.25) is 0 Å². The number of carbonyl (C=O) groups is 2. The minimum absolute atomic E-state index is 0.0519. The number of aryl methyl sites for hydroxylation is 2. The van der Waals surface area contributed by atoms with Gasteiger partial charge in [-0.3, -0.25) is 14.3 Å². The minimum atomic E-state index is -4.58. The molecule has 3 heterocycles. The molecule has 0 saturated carbocycles. The Kier molecular flexibility index (Phi) is 3.21. The van der Waals surface area contributed by atoms with Crippen LogP contribution in [0.1, 0.15) is 32.0 Å². The maximum atomic E-state index is 13.0. The lowest BCUT2D eigenvalue weighted by molar-refractivity contribution is -0.137. The van der Waals surface area contributed by atoms with Gasteiger partial charge in [-0.25, -0.2) is 9.88 Å². The second-order valence-electron chi connectivity index (χ2n) is 5.95. The van der Waals surface area contributed by atoms with Crippen molar-refractivity contribution in [2.75, 3.05) is 4.90 Å². The molecule has 3 aromatic rings. The molecule has 0 radical (unpaired) electrons. The SMILES string of the molecule is Cc1nn(C)c2ncc3c(c12)C(=O)N(c1cccc(C(F)(F)F)c1)C3=O. The number of carbonyl (C=O) groups excluding carboxylic acids is 2. The first-order chi connectivity index (χ1) is 12.2. The maximum Gasteiger partial charge on any atom is 0.416 e. The number of hydrogen-bond donors (Lipinski definition) is 0. The lowest BCUT2D eigenvalue weighted by Crippen LogP contribution is -2.29. The summed E-state index contributed by atoms with van der Waals surface area (Å²) in [6.07, 6.45) is -3.32. The smallest absolute Gasteiger partial charge is 0.268 e. The number of amides is 2. The standard InChI is InChI=1S/C17H11F3N4O2/c1-8-12-13-11(7-21-14(12)23(2)22-8)15(25)24(16(13)26)10-5-3-4-9(6-10)17(18,19)20/h3-7H,1-2H3. The van der Waals surface area contributed by atoms with Crippen molar-refractivity contribution in [3.8, 4) is 0 Å². The van der Waals surface area contributed by atoms with Crippen molar-refractivity contribution in [2.45, 2.75) is 13.1 Å². The Bertz CT molecular complexity index is 1100. The Morgan fingerprint density at radius 1 is 1.12 bits per heavy atom. The number of halogens is 3. The van der Waals surface area contributed by atoms with Crippen LogP contribution in [0.3, 0.4) is 0 Å². The quantitative estimate of drug-likeness (QED) is 0.626. The van der Waals surface area contributed by atoms with Crippen LogP contribution in [0.5, 0.6) is 0 Å². The fourth-order valence-electron chi connectivity index (χ4n) is 3.18. The van der Waals surface area contributed by atoms with Crippen molar-refractivity contribution in [1.82, 2.24) is 14.8 Å². The Labute approximate surface area is 144 Å². The summed E-state index contributed by atoms with van der Waals surface area (Å²) in [7, 11) is 1.65. The van der Waals surface area contributed by atoms with Crippen LogP contribution in [0.4, 0.5) is 18.9 Å². The second kappa shape index (κ2) is 5.13. The number of hydrogen-bond acceptors (Lipinski definition) is 4. The number of rotatable bonds is 1. The molecule has 2 amide bonds. The molecule has 1 aromatic carbocycles. The molecule has 0 atom stereocenters. The molecule has 0 spiro atoms. The van der Waals surface area contributed by atoms with Gasteiger partial charge in [0.1, 0.15) is 0 Å². The molecule has 0 aliphatic carbocycles. The summed E-state index contributed by atoms with van der Waals surface area (Å²) in [6.45, 7) is 1.68. The third kappa shape index (κ3) is 2.13. The van der Waals surface area contributed by atoms with E-state index in [-0.39, 0.29) is 16.8 Å². The minimum Gasteiger partial charge on any atom is -0.268 e. The summed E-state index contributed by atoms with van der Waals surface area (Å²) in [4.78, 5) is 30.5. The highest BCUT2D eigenvalue weighted by Crippen LogP contribution is 2.36. The van der Waals surface area contributed by atoms with Crippen LogP contribution in [0.15, 0.2) is 30.5 Å². The summed E-state index contributed by atoms with van der Waals surface area (Å²) < 4.78 is 40.4. The summed E-state index contributed by atoms with van der Waals surface area (Å²) in [5.41, 5.74) is 0.0271. The molecule has 1 aliphatic rings. The van der Waals surface area contributed by atoms with Gasteiger partial charge < -0.3 is 0 Å². The van der Waals surface area contributed by atoms with Crippen LogP contribution < -0.4 is 4.90 Å². The van der Waals surface area contributed by atoms with E-state index >= 15 is 0 Å². The van der Waals surface area contributed by atoms with E-state index in [0.717, 1.165) is 23.1 Å². The van der Waals surface area contributed by atoms with Gasteiger partial charge in [0, 0.05) is 13.2 Å². The average molecular weight is 360 g/mol. The third-order valence-corrected chi connectivity index (χ3v) is 4.31. The predicted octanol–water partition coefficient (Wildman–Crippen LogP) is 3.10. The van der Waals surface area contributed by atoms with E-state index in [9.17, 15) is 22.8 Å². The van der Waals surface area contributed by atoms with E-state index < -0.39 is 23.6 Å². The van der Waals surface area contributed by atoms with Crippen LogP contribution in [0, 0.1) is 6.92 Å². The maximum absolute atomic E-state index is 13.0. The molecule has 0 bridgehead atoms. The lowest BCUT2D eigenvalue weighted by Gasteiger charge is -2.16. The van der Waals surface area contributed by atoms with Gasteiger partial charge in [0.2, 0.25) is 0 Å². The van der Waals surface area contributed by atoms with E-state index in [2.05, 4.69) is 10.1 Å². The molecule has 132 valence electrons. The topological polar surface area (TPSA) is 68.1 Å². The van der Waals surface area contributed by atoms with Gasteiger partial charge in [0.15, 0.2) is 5.65 Å². The highest BCUT2D eigenvalue weighted by atomic mass is 19.4. The molecule has 4 rings (SSSR count). The van der Waals surface area contributed by atoms with Gasteiger partial charge >= 0.3 is 6.18 Å². The normalized spacial score (nSPS) is 14.4. The second-order valence-corrected chi connectivity index (χ2v) is 5.95. The lowest BCUT2D eigenvalue weighted by atomic mass is 10.1. The van der Waals surface area contributed by atoms with Gasteiger partial charge in [-0.2, -0.15) is 18.3 Å². The molecular weight excluding hydrogens is 349 g/mol. The van der Waals surface area contributed by atoms with E-state index in [4.69, 9.17) is 0 Å². The highest BCUT2D eigenvalue weighted by Gasteiger charge is 2.40. The van der Waals surface area contributed by atoms with Crippen molar-refractivity contribution >= 4 is 28.5 Å². The molecule has 1 aliphatic heterocycles. The first-order valence-electron chi connectivity index (χ1n) is 7.58. The molecule has 26 heavy (non-hydrogen) atoms. The zero-order valence-corrected chi connectivity index (χ0v) is 13.6. The number of nitrogens with zero attached hydrogens (tertiary/aromatic N) is 4. The Morgan fingerprint density at radius 2 is 1.85 bits per heavy atom. The van der Waals surface area contributed by atoms with E-state index in [1.54, 1.807) is 14.0 Å². The van der Waals surface area contributed by atoms with Crippen LogP contribution >= 0.6 is 0 Å². The molecule has 6 nitrogen and oxygen atoms in total. The van der Waals surface area contributed by atoms with E-state index in [0.29, 0.717) is 16.7 Å². The number of benzene rings is 1. The Morgan fingerprint density at radius 3 is 2.54 bits per heavy atom. The summed E-state index contributed by atoms with van der Waals surface area (Å²) in [5, 5.41) is 4.62. The molecule has 0 fully saturated rings. The average Bonchev–Trinajstić information content (AvgIpc) is 3.01. The molecule has 0 saturated heterocycles. The zero-order valence-electron chi connectivity index (χ0n) is 13.6. The Balaban J connectivity index is 1.90. The zero-order chi connectivity index (χ0) is 18.8. The number of alkyl halides is 3. The first-order valence-corrected chi connectivity index (χ1v) is 7.58. The third-order valence-electron chi connectivity index (χ3n) is 4.31. The number of fused-ring (bicyclic) bond motifs is 3. The van der Waals surface area contributed by atoms with Crippen molar-refractivity contribution in [1.29, 1.82) is 0 Å². The predicted molar refractivity (Wildman–Crippen MR) is 85.8 cm³/mol. The fraction of sp³-hybridized carbons (Fsp3) is 0.176. The number of imide groups is 1. The van der Waals surface area contributed by atoms with Crippen LogP contribution in [-0.2, 0) is 13.2 Å². The first kappa shape index (κ1) is 16.2. The fourth-order valence-corrected chi connectivity index (χ4v) is 3.18. The molecular formula is C17H11F3N4O2. The van der Waals surface area contributed by atoms with E-state index in [1.807, 2.05) is 0 Å². The van der Waals surface area contributed by atoms with Gasteiger partial charge in [-0.05, 0) is 25.1 Å². The highest BCUT2D eigenvalue weighted by molar-refractivity contribution is 6.37. The summed E-state index contributed by atoms with van der Waals surface area (Å²) in [5.74, 6) is -1.39. The summed E-state index contributed by atoms with van der Waals surface area (Å²) in [6, 6.07) is 4.11. The van der Waals surface area contributed by atoms with Gasteiger partial charge in [0.05, 0.1) is 33.5 Å². The van der Waals surface area contributed by atoms with Gasteiger partial charge in [0.25, 0.3) is 11.8 Å². The molecule has 2 aromatic heterocycles. The molecule has 0 N–H and O–H groups in total. The van der Waals surface area contributed by atoms with Crippen LogP contribution in [-0.4, -0.2) is 26.6 Å². The Hall–Kier alpha value is -3.23. The van der Waals surface area contributed by atoms with Crippen molar-refractivity contribution in [3.63, 3.8) is 0 Å². The van der Waals surface area contributed by atoms with Gasteiger partial charge in [-0.15, -0.1) is 0 Å². The van der Waals surface area contributed by atoms with Crippen LogP contribution in [0.25, 0.3) is 11.0 Å². The van der Waals surface area contributed by atoms with Crippen molar-refractivity contribution < 1.29 is 22.8 Å². The molecule has 9 heteroatoms. The number of aromatic nitrogens is 3. The number of pyridine rings is 1. The van der Waals surface area contributed by atoms with E-state index in [1.165, 1.54) is 16.9 Å². The summed E-state index contributed by atoms with van der Waals surface area (Å²) >= 11 is 0. The molecule has 0 unspecified atom stereocenters. The number of anilines is 1. The monoisotopic (exact) mass is 360 g/mol.